The molecule has 0 radical (unpaired) electrons. The number of rotatable bonds is 11. The normalized spacial score (nSPS) is 16.7. The zero-order chi connectivity index (χ0) is 23.5. The number of ether oxygens (including phenoxy) is 2. The molecule has 3 heteroatoms. The maximum Gasteiger partial charge on any atom is 0.513 e. The first-order valence-corrected chi connectivity index (χ1v) is 12.8. The summed E-state index contributed by atoms with van der Waals surface area (Å²) in [6.45, 7) is 7.18. The van der Waals surface area contributed by atoms with Gasteiger partial charge in [-0.05, 0) is 71.9 Å². The third-order valence-corrected chi connectivity index (χ3v) is 6.88. The molecule has 0 amide bonds. The fraction of sp³-hybridized carbons (Fsp3) is 0.500. The minimum absolute atomic E-state index is 0.398. The number of allylic oxidation sites excluding steroid dienone is 2. The van der Waals surface area contributed by atoms with Crippen molar-refractivity contribution in [2.45, 2.75) is 78.6 Å². The van der Waals surface area contributed by atoms with Gasteiger partial charge in [-0.3, -0.25) is 0 Å². The van der Waals surface area contributed by atoms with Crippen LogP contribution in [0.25, 0.3) is 16.7 Å². The van der Waals surface area contributed by atoms with Crippen LogP contribution in [0.1, 0.15) is 84.1 Å². The molecule has 2 aromatic rings. The largest absolute Gasteiger partial charge is 0.513 e. The van der Waals surface area contributed by atoms with Crippen LogP contribution in [-0.2, 0) is 4.74 Å². The van der Waals surface area contributed by atoms with Crippen LogP contribution in [0, 0.1) is 11.8 Å². The molecule has 0 N–H and O–H groups in total. The molecule has 3 rings (SSSR count). The van der Waals surface area contributed by atoms with E-state index in [2.05, 4.69) is 51.1 Å². The molecule has 33 heavy (non-hydrogen) atoms. The summed E-state index contributed by atoms with van der Waals surface area (Å²) in [4.78, 5) is 11.7. The number of benzene rings is 2. The lowest BCUT2D eigenvalue weighted by molar-refractivity contribution is 0.0978. The molecule has 0 aromatic heterocycles. The predicted octanol–water partition coefficient (Wildman–Crippen LogP) is 9.07. The molecule has 2 atom stereocenters. The third-order valence-electron chi connectivity index (χ3n) is 6.88. The van der Waals surface area contributed by atoms with E-state index in [4.69, 9.17) is 9.47 Å². The number of hydrogen-bond acceptors (Lipinski definition) is 3. The Labute approximate surface area is 200 Å². The van der Waals surface area contributed by atoms with Gasteiger partial charge in [0.15, 0.2) is 0 Å². The van der Waals surface area contributed by atoms with E-state index in [1.165, 1.54) is 56.1 Å². The summed E-state index contributed by atoms with van der Waals surface area (Å²) in [6.07, 6.45) is 12.8. The van der Waals surface area contributed by atoms with Crippen LogP contribution in [0.3, 0.4) is 0 Å². The summed E-state index contributed by atoms with van der Waals surface area (Å²) >= 11 is 0. The van der Waals surface area contributed by atoms with Crippen LogP contribution < -0.4 is 4.74 Å². The third kappa shape index (κ3) is 7.77. The van der Waals surface area contributed by atoms with Gasteiger partial charge in [0.2, 0.25) is 0 Å². The predicted molar refractivity (Wildman–Crippen MR) is 137 cm³/mol. The summed E-state index contributed by atoms with van der Waals surface area (Å²) in [7, 11) is 0. The Morgan fingerprint density at radius 1 is 0.909 bits per heavy atom. The molecule has 0 saturated heterocycles. The summed E-state index contributed by atoms with van der Waals surface area (Å²) in [6, 6.07) is 16.4. The van der Waals surface area contributed by atoms with E-state index in [1.807, 2.05) is 24.3 Å². The molecule has 3 nitrogen and oxygen atoms in total. The van der Waals surface area contributed by atoms with Crippen molar-refractivity contribution < 1.29 is 14.3 Å². The molecule has 1 aliphatic carbocycles. The van der Waals surface area contributed by atoms with Gasteiger partial charge in [0.1, 0.15) is 5.75 Å². The molecule has 0 bridgehead atoms. The quantitative estimate of drug-likeness (QED) is 0.195. The molecular weight excluding hydrogens is 408 g/mol. The minimum Gasteiger partial charge on any atom is -0.434 e. The van der Waals surface area contributed by atoms with E-state index in [0.29, 0.717) is 12.4 Å². The highest BCUT2D eigenvalue weighted by atomic mass is 16.7. The van der Waals surface area contributed by atoms with E-state index in [9.17, 15) is 4.79 Å². The van der Waals surface area contributed by atoms with Gasteiger partial charge in [-0.15, -0.1) is 0 Å². The second-order valence-electron chi connectivity index (χ2n) is 9.39. The molecule has 0 heterocycles. The Balaban J connectivity index is 1.53. The van der Waals surface area contributed by atoms with Crippen molar-refractivity contribution in [3.8, 4) is 16.9 Å². The van der Waals surface area contributed by atoms with Gasteiger partial charge in [-0.25, -0.2) is 4.79 Å². The van der Waals surface area contributed by atoms with Crippen LogP contribution in [0.4, 0.5) is 4.79 Å². The lowest BCUT2D eigenvalue weighted by Gasteiger charge is -2.27. The molecule has 0 aliphatic heterocycles. The van der Waals surface area contributed by atoms with Crippen molar-refractivity contribution in [1.82, 2.24) is 0 Å². The van der Waals surface area contributed by atoms with Crippen molar-refractivity contribution in [1.29, 1.82) is 0 Å². The van der Waals surface area contributed by atoms with Gasteiger partial charge in [0.25, 0.3) is 0 Å². The minimum atomic E-state index is -0.640. The maximum absolute atomic E-state index is 11.7. The van der Waals surface area contributed by atoms with E-state index >= 15 is 0 Å². The van der Waals surface area contributed by atoms with Crippen molar-refractivity contribution in [2.24, 2.45) is 11.8 Å². The average molecular weight is 449 g/mol. The second kappa shape index (κ2) is 13.2. The molecule has 178 valence electrons. The Morgan fingerprint density at radius 3 is 2.15 bits per heavy atom. The van der Waals surface area contributed by atoms with Gasteiger partial charge in [-0.1, -0.05) is 95.3 Å². The molecule has 0 spiro atoms. The average Bonchev–Trinajstić information content (AvgIpc) is 2.85. The van der Waals surface area contributed by atoms with E-state index in [1.54, 1.807) is 0 Å². The fourth-order valence-corrected chi connectivity index (χ4v) is 4.60. The van der Waals surface area contributed by atoms with Crippen LogP contribution in [-0.4, -0.2) is 12.8 Å². The lowest BCUT2D eigenvalue weighted by atomic mass is 9.78. The number of carbonyl (C=O) groups is 1. The van der Waals surface area contributed by atoms with Crippen molar-refractivity contribution >= 4 is 11.7 Å². The summed E-state index contributed by atoms with van der Waals surface area (Å²) in [5.41, 5.74) is 5.09. The van der Waals surface area contributed by atoms with Crippen LogP contribution in [0.15, 0.2) is 54.6 Å². The number of unbranched alkanes of at least 4 members (excludes halogenated alkanes) is 3. The molecule has 2 unspecified atom stereocenters. The van der Waals surface area contributed by atoms with Crippen molar-refractivity contribution in [3.63, 3.8) is 0 Å². The fourth-order valence-electron chi connectivity index (χ4n) is 4.60. The van der Waals surface area contributed by atoms with E-state index in [-0.39, 0.29) is 0 Å². The lowest BCUT2D eigenvalue weighted by Crippen LogP contribution is -2.14. The van der Waals surface area contributed by atoms with Gasteiger partial charge in [-0.2, -0.15) is 0 Å². The van der Waals surface area contributed by atoms with Gasteiger partial charge >= 0.3 is 6.16 Å². The second-order valence-corrected chi connectivity index (χ2v) is 9.39. The molecule has 0 saturated carbocycles. The van der Waals surface area contributed by atoms with E-state index in [0.717, 1.165) is 35.8 Å². The molecule has 0 fully saturated rings. The Morgan fingerprint density at radius 2 is 1.55 bits per heavy atom. The van der Waals surface area contributed by atoms with Gasteiger partial charge in [0, 0.05) is 0 Å². The van der Waals surface area contributed by atoms with Crippen LogP contribution in [0.2, 0.25) is 0 Å². The molecule has 1 aliphatic rings. The highest BCUT2D eigenvalue weighted by Crippen LogP contribution is 2.36. The maximum atomic E-state index is 11.7. The number of carbonyl (C=O) groups excluding carboxylic acids is 1. The van der Waals surface area contributed by atoms with Crippen molar-refractivity contribution in [3.05, 3.63) is 60.2 Å². The Kier molecular flexibility index (Phi) is 10.1. The first kappa shape index (κ1) is 25.1. The molecule has 2 aromatic carbocycles. The van der Waals surface area contributed by atoms with Crippen LogP contribution in [0.5, 0.6) is 5.75 Å². The van der Waals surface area contributed by atoms with Gasteiger partial charge < -0.3 is 9.47 Å². The first-order chi connectivity index (χ1) is 16.1. The summed E-state index contributed by atoms with van der Waals surface area (Å²) in [5.74, 6) is 2.18. The highest BCUT2D eigenvalue weighted by Gasteiger charge is 2.20. The SMILES string of the molecule is CCCCCC(C)C1CC=C(c2ccc(-c3ccc(OC(=O)OCCCC)cc3)cc2)CC1. The standard InChI is InChI=1S/C30H40O3/c1-4-6-8-9-23(3)24-10-12-25(13-11-24)26-14-16-27(17-15-26)28-18-20-29(21-19-28)33-30(31)32-22-7-5-2/h12,14-21,23-24H,4-11,13,22H2,1-3H3. The van der Waals surface area contributed by atoms with E-state index < -0.39 is 6.16 Å². The zero-order valence-electron chi connectivity index (χ0n) is 20.6. The van der Waals surface area contributed by atoms with Crippen LogP contribution >= 0.6 is 0 Å². The Bertz CT molecular complexity index is 880. The van der Waals surface area contributed by atoms with Gasteiger partial charge in [0.05, 0.1) is 6.61 Å². The zero-order valence-corrected chi connectivity index (χ0v) is 20.6. The molecular formula is C30H40O3. The first-order valence-electron chi connectivity index (χ1n) is 12.8. The Hall–Kier alpha value is -2.55. The van der Waals surface area contributed by atoms with Crippen molar-refractivity contribution in [2.75, 3.05) is 6.61 Å². The monoisotopic (exact) mass is 448 g/mol. The number of hydrogen-bond donors (Lipinski definition) is 0. The smallest absolute Gasteiger partial charge is 0.434 e. The highest BCUT2D eigenvalue weighted by molar-refractivity contribution is 5.71. The summed E-state index contributed by atoms with van der Waals surface area (Å²) < 4.78 is 10.3. The summed E-state index contributed by atoms with van der Waals surface area (Å²) in [5, 5.41) is 0. The topological polar surface area (TPSA) is 35.5 Å².